The summed E-state index contributed by atoms with van der Waals surface area (Å²) in [5.41, 5.74) is 0.831. The summed E-state index contributed by atoms with van der Waals surface area (Å²) >= 11 is 3.39. The first-order chi connectivity index (χ1) is 9.65. The molecule has 0 amide bonds. The number of Topliss-reactive ketones (excluding diaryl/α,β-unsaturated/α-hetero) is 1. The van der Waals surface area contributed by atoms with E-state index in [1.54, 1.807) is 0 Å². The Balaban J connectivity index is 1.72. The van der Waals surface area contributed by atoms with Gasteiger partial charge in [-0.15, -0.1) is 0 Å². The largest absolute Gasteiger partial charge is 0.303 e. The Kier molecular flexibility index (Phi) is 6.24. The summed E-state index contributed by atoms with van der Waals surface area (Å²) in [7, 11) is 0. The van der Waals surface area contributed by atoms with Crippen LogP contribution in [0.4, 0.5) is 0 Å². The molecule has 1 heterocycles. The van der Waals surface area contributed by atoms with Gasteiger partial charge in [0.25, 0.3) is 0 Å². The predicted molar refractivity (Wildman–Crippen MR) is 87.2 cm³/mol. The molecule has 0 aromatic heterocycles. The second-order valence-corrected chi connectivity index (χ2v) is 6.83. The number of hydrogen-bond donors (Lipinski definition) is 0. The average Bonchev–Trinajstić information content (AvgIpc) is 2.64. The fraction of sp³-hybridized carbons (Fsp3) is 0.588. The van der Waals surface area contributed by atoms with E-state index in [1.807, 2.05) is 24.3 Å². The van der Waals surface area contributed by atoms with E-state index in [-0.39, 0.29) is 5.78 Å². The lowest BCUT2D eigenvalue weighted by atomic mass is 10.0. The summed E-state index contributed by atoms with van der Waals surface area (Å²) in [6.45, 7) is 5.82. The Bertz CT molecular complexity index is 429. The zero-order valence-electron chi connectivity index (χ0n) is 12.3. The maximum atomic E-state index is 12.1. The van der Waals surface area contributed by atoms with Gasteiger partial charge in [0.1, 0.15) is 0 Å². The normalized spacial score (nSPS) is 20.6. The topological polar surface area (TPSA) is 20.3 Å². The molecule has 0 saturated carbocycles. The molecule has 1 aromatic rings. The minimum atomic E-state index is 0.265. The summed E-state index contributed by atoms with van der Waals surface area (Å²) in [5.74, 6) is 1.13. The first-order valence-electron chi connectivity index (χ1n) is 7.66. The first kappa shape index (κ1) is 15.7. The Hall–Kier alpha value is -0.670. The summed E-state index contributed by atoms with van der Waals surface area (Å²) in [5, 5.41) is 0. The SMILES string of the molecule is CC1CCCN(CCCC(=O)c2ccc(Br)cc2)CC1. The van der Waals surface area contributed by atoms with Crippen LogP contribution < -0.4 is 0 Å². The smallest absolute Gasteiger partial charge is 0.162 e. The molecular formula is C17H24BrNO. The van der Waals surface area contributed by atoms with E-state index in [2.05, 4.69) is 27.8 Å². The van der Waals surface area contributed by atoms with Crippen LogP contribution in [-0.4, -0.2) is 30.3 Å². The number of nitrogens with zero attached hydrogens (tertiary/aromatic N) is 1. The second-order valence-electron chi connectivity index (χ2n) is 5.91. The lowest BCUT2D eigenvalue weighted by molar-refractivity contribution is 0.0975. The molecule has 1 saturated heterocycles. The van der Waals surface area contributed by atoms with Crippen LogP contribution in [0.25, 0.3) is 0 Å². The van der Waals surface area contributed by atoms with E-state index >= 15 is 0 Å². The zero-order valence-corrected chi connectivity index (χ0v) is 13.9. The van der Waals surface area contributed by atoms with E-state index in [9.17, 15) is 4.79 Å². The maximum absolute atomic E-state index is 12.1. The lowest BCUT2D eigenvalue weighted by Crippen LogP contribution is -2.26. The third-order valence-corrected chi connectivity index (χ3v) is 4.68. The molecule has 0 bridgehead atoms. The summed E-state index contributed by atoms with van der Waals surface area (Å²) < 4.78 is 1.02. The highest BCUT2D eigenvalue weighted by Gasteiger charge is 2.14. The van der Waals surface area contributed by atoms with Crippen LogP contribution in [0, 0.1) is 5.92 Å². The van der Waals surface area contributed by atoms with Gasteiger partial charge < -0.3 is 4.90 Å². The molecule has 110 valence electrons. The Morgan fingerprint density at radius 1 is 1.25 bits per heavy atom. The van der Waals surface area contributed by atoms with Crippen molar-refractivity contribution in [1.29, 1.82) is 0 Å². The summed E-state index contributed by atoms with van der Waals surface area (Å²) in [6.07, 6.45) is 5.60. The van der Waals surface area contributed by atoms with Crippen molar-refractivity contribution in [3.05, 3.63) is 34.3 Å². The van der Waals surface area contributed by atoms with Crippen molar-refractivity contribution in [1.82, 2.24) is 4.90 Å². The van der Waals surface area contributed by atoms with Crippen LogP contribution in [0.3, 0.4) is 0 Å². The van der Waals surface area contributed by atoms with Crippen LogP contribution in [-0.2, 0) is 0 Å². The number of rotatable bonds is 5. The highest BCUT2D eigenvalue weighted by Crippen LogP contribution is 2.17. The summed E-state index contributed by atoms with van der Waals surface area (Å²) in [4.78, 5) is 14.6. The van der Waals surface area contributed by atoms with Gasteiger partial charge in [0, 0.05) is 16.5 Å². The number of hydrogen-bond acceptors (Lipinski definition) is 2. The molecule has 1 unspecified atom stereocenters. The molecule has 0 aliphatic carbocycles. The van der Waals surface area contributed by atoms with Gasteiger partial charge in [0.15, 0.2) is 5.78 Å². The fourth-order valence-electron chi connectivity index (χ4n) is 2.79. The molecule has 1 aromatic carbocycles. The van der Waals surface area contributed by atoms with Gasteiger partial charge in [0.2, 0.25) is 0 Å². The van der Waals surface area contributed by atoms with Gasteiger partial charge in [-0.3, -0.25) is 4.79 Å². The van der Waals surface area contributed by atoms with Gasteiger partial charge in [-0.05, 0) is 63.4 Å². The van der Waals surface area contributed by atoms with Crippen LogP contribution in [0.1, 0.15) is 49.4 Å². The average molecular weight is 338 g/mol. The third-order valence-electron chi connectivity index (χ3n) is 4.15. The number of carbonyl (C=O) groups excluding carboxylic acids is 1. The van der Waals surface area contributed by atoms with Crippen molar-refractivity contribution in [2.45, 2.75) is 39.0 Å². The van der Waals surface area contributed by atoms with Crippen molar-refractivity contribution in [3.8, 4) is 0 Å². The molecule has 0 radical (unpaired) electrons. The van der Waals surface area contributed by atoms with Crippen molar-refractivity contribution < 1.29 is 4.79 Å². The van der Waals surface area contributed by atoms with Crippen molar-refractivity contribution in [2.75, 3.05) is 19.6 Å². The van der Waals surface area contributed by atoms with E-state index in [1.165, 1.54) is 32.4 Å². The van der Waals surface area contributed by atoms with Crippen LogP contribution in [0.5, 0.6) is 0 Å². The molecule has 1 aliphatic heterocycles. The van der Waals surface area contributed by atoms with Gasteiger partial charge in [0.05, 0.1) is 0 Å². The molecular weight excluding hydrogens is 314 g/mol. The monoisotopic (exact) mass is 337 g/mol. The zero-order chi connectivity index (χ0) is 14.4. The maximum Gasteiger partial charge on any atom is 0.162 e. The number of halogens is 1. The fourth-order valence-corrected chi connectivity index (χ4v) is 3.05. The molecule has 0 N–H and O–H groups in total. The Labute approximate surface area is 130 Å². The van der Waals surface area contributed by atoms with Crippen LogP contribution >= 0.6 is 15.9 Å². The van der Waals surface area contributed by atoms with Crippen molar-refractivity contribution in [3.63, 3.8) is 0 Å². The number of likely N-dealkylation sites (tertiary alicyclic amines) is 1. The van der Waals surface area contributed by atoms with Crippen LogP contribution in [0.15, 0.2) is 28.7 Å². The Morgan fingerprint density at radius 2 is 2.00 bits per heavy atom. The highest BCUT2D eigenvalue weighted by molar-refractivity contribution is 9.10. The number of ketones is 1. The standard InChI is InChI=1S/C17H24BrNO/c1-14-4-2-11-19(13-10-14)12-3-5-17(20)15-6-8-16(18)9-7-15/h6-9,14H,2-5,10-13H2,1H3. The molecule has 1 aliphatic rings. The lowest BCUT2D eigenvalue weighted by Gasteiger charge is -2.19. The minimum absolute atomic E-state index is 0.265. The van der Waals surface area contributed by atoms with Gasteiger partial charge in [-0.1, -0.05) is 35.0 Å². The molecule has 20 heavy (non-hydrogen) atoms. The summed E-state index contributed by atoms with van der Waals surface area (Å²) in [6, 6.07) is 7.67. The first-order valence-corrected chi connectivity index (χ1v) is 8.45. The minimum Gasteiger partial charge on any atom is -0.303 e. The molecule has 3 heteroatoms. The molecule has 0 spiro atoms. The highest BCUT2D eigenvalue weighted by atomic mass is 79.9. The van der Waals surface area contributed by atoms with Crippen molar-refractivity contribution >= 4 is 21.7 Å². The molecule has 1 fully saturated rings. The van der Waals surface area contributed by atoms with Crippen molar-refractivity contribution in [2.24, 2.45) is 5.92 Å². The Morgan fingerprint density at radius 3 is 2.75 bits per heavy atom. The van der Waals surface area contributed by atoms with E-state index in [4.69, 9.17) is 0 Å². The van der Waals surface area contributed by atoms with E-state index in [0.29, 0.717) is 6.42 Å². The van der Waals surface area contributed by atoms with E-state index in [0.717, 1.165) is 28.9 Å². The number of carbonyl (C=O) groups is 1. The quantitative estimate of drug-likeness (QED) is 0.735. The molecule has 2 rings (SSSR count). The van der Waals surface area contributed by atoms with Crippen LogP contribution in [0.2, 0.25) is 0 Å². The second kappa shape index (κ2) is 7.94. The van der Waals surface area contributed by atoms with Gasteiger partial charge in [-0.2, -0.15) is 0 Å². The predicted octanol–water partition coefficient (Wildman–Crippen LogP) is 4.53. The molecule has 2 nitrogen and oxygen atoms in total. The molecule has 1 atom stereocenters. The van der Waals surface area contributed by atoms with E-state index < -0.39 is 0 Å². The number of benzene rings is 1. The third kappa shape index (κ3) is 5.02. The van der Waals surface area contributed by atoms with Gasteiger partial charge in [-0.25, -0.2) is 0 Å². The van der Waals surface area contributed by atoms with Gasteiger partial charge >= 0.3 is 0 Å².